The zero-order chi connectivity index (χ0) is 17.6. The van der Waals surface area contributed by atoms with Crippen LogP contribution in [-0.4, -0.2) is 23.6 Å². The van der Waals surface area contributed by atoms with Crippen LogP contribution in [0.4, 0.5) is 0 Å². The van der Waals surface area contributed by atoms with Crippen molar-refractivity contribution in [1.29, 1.82) is 0 Å². The Bertz CT molecular complexity index is 851. The van der Waals surface area contributed by atoms with Crippen molar-refractivity contribution < 1.29 is 14.3 Å². The lowest BCUT2D eigenvalue weighted by Gasteiger charge is -2.08. The van der Waals surface area contributed by atoms with Crippen molar-refractivity contribution in [3.63, 3.8) is 0 Å². The van der Waals surface area contributed by atoms with E-state index in [-0.39, 0.29) is 5.91 Å². The average molecular weight is 334 g/mol. The molecule has 0 spiro atoms. The summed E-state index contributed by atoms with van der Waals surface area (Å²) < 4.78 is 6.66. The molecule has 5 nitrogen and oxygen atoms in total. The van der Waals surface area contributed by atoms with Gasteiger partial charge in [-0.3, -0.25) is 4.79 Å². The number of methoxy groups -OCH3 is 1. The van der Waals surface area contributed by atoms with Crippen LogP contribution in [0.15, 0.2) is 73.1 Å². The molecule has 5 heteroatoms. The minimum absolute atomic E-state index is 0.189. The molecule has 3 rings (SSSR count). The number of hydrogen-bond donors (Lipinski definition) is 1. The lowest BCUT2D eigenvalue weighted by molar-refractivity contribution is 0.0600. The number of hydrogen-bond acceptors (Lipinski definition) is 3. The summed E-state index contributed by atoms with van der Waals surface area (Å²) in [5, 5.41) is 2.87. The van der Waals surface area contributed by atoms with Crippen molar-refractivity contribution in [3.05, 3.63) is 89.7 Å². The van der Waals surface area contributed by atoms with Gasteiger partial charge in [0.15, 0.2) is 0 Å². The van der Waals surface area contributed by atoms with E-state index in [2.05, 4.69) is 10.1 Å². The number of esters is 1. The topological polar surface area (TPSA) is 60.3 Å². The second-order valence-electron chi connectivity index (χ2n) is 5.51. The van der Waals surface area contributed by atoms with Crippen LogP contribution in [0.5, 0.6) is 0 Å². The van der Waals surface area contributed by atoms with Crippen LogP contribution < -0.4 is 5.32 Å². The van der Waals surface area contributed by atoms with E-state index in [0.29, 0.717) is 17.7 Å². The molecule has 0 aliphatic rings. The Morgan fingerprint density at radius 2 is 1.52 bits per heavy atom. The Morgan fingerprint density at radius 1 is 0.920 bits per heavy atom. The van der Waals surface area contributed by atoms with Crippen molar-refractivity contribution in [2.45, 2.75) is 6.54 Å². The second-order valence-corrected chi connectivity index (χ2v) is 5.51. The van der Waals surface area contributed by atoms with Crippen LogP contribution in [0, 0.1) is 0 Å². The number of nitrogens with zero attached hydrogens (tertiary/aromatic N) is 1. The molecule has 0 bridgehead atoms. The molecule has 0 radical (unpaired) electrons. The highest BCUT2D eigenvalue weighted by atomic mass is 16.5. The Balaban J connectivity index is 1.59. The molecule has 1 heterocycles. The summed E-state index contributed by atoms with van der Waals surface area (Å²) in [7, 11) is 1.32. The van der Waals surface area contributed by atoms with E-state index < -0.39 is 5.97 Å². The largest absolute Gasteiger partial charge is 0.465 e. The molecule has 0 atom stereocenters. The van der Waals surface area contributed by atoms with E-state index in [4.69, 9.17) is 0 Å². The Morgan fingerprint density at radius 3 is 2.12 bits per heavy atom. The van der Waals surface area contributed by atoms with Crippen LogP contribution >= 0.6 is 0 Å². The van der Waals surface area contributed by atoms with Crippen LogP contribution in [-0.2, 0) is 11.3 Å². The molecule has 0 aliphatic carbocycles. The maximum Gasteiger partial charge on any atom is 0.337 e. The van der Waals surface area contributed by atoms with Crippen molar-refractivity contribution in [2.24, 2.45) is 0 Å². The van der Waals surface area contributed by atoms with Crippen LogP contribution in [0.3, 0.4) is 0 Å². The molecule has 0 saturated heterocycles. The SMILES string of the molecule is COC(=O)c1ccc(C(=O)NCc2ccc(-n3cccc3)cc2)cc1. The van der Waals surface area contributed by atoms with E-state index in [9.17, 15) is 9.59 Å². The fraction of sp³-hybridized carbons (Fsp3) is 0.100. The molecule has 0 saturated carbocycles. The van der Waals surface area contributed by atoms with Gasteiger partial charge in [-0.2, -0.15) is 0 Å². The minimum Gasteiger partial charge on any atom is -0.465 e. The summed E-state index contributed by atoms with van der Waals surface area (Å²) in [4.78, 5) is 23.6. The van der Waals surface area contributed by atoms with Gasteiger partial charge in [0.25, 0.3) is 5.91 Å². The third-order valence-electron chi connectivity index (χ3n) is 3.86. The molecule has 0 aliphatic heterocycles. The fourth-order valence-electron chi connectivity index (χ4n) is 2.45. The van der Waals surface area contributed by atoms with Crippen LogP contribution in [0.2, 0.25) is 0 Å². The molecule has 0 unspecified atom stereocenters. The first kappa shape index (κ1) is 16.5. The van der Waals surface area contributed by atoms with E-state index in [1.165, 1.54) is 7.11 Å². The maximum absolute atomic E-state index is 12.2. The van der Waals surface area contributed by atoms with Gasteiger partial charge in [-0.15, -0.1) is 0 Å². The van der Waals surface area contributed by atoms with E-state index in [1.807, 2.05) is 53.4 Å². The summed E-state index contributed by atoms with van der Waals surface area (Å²) >= 11 is 0. The normalized spacial score (nSPS) is 10.3. The molecule has 1 N–H and O–H groups in total. The van der Waals surface area contributed by atoms with Crippen LogP contribution in [0.1, 0.15) is 26.3 Å². The van der Waals surface area contributed by atoms with Crippen LogP contribution in [0.25, 0.3) is 5.69 Å². The first-order chi connectivity index (χ1) is 12.2. The maximum atomic E-state index is 12.2. The first-order valence-electron chi connectivity index (χ1n) is 7.86. The van der Waals surface area contributed by atoms with Gasteiger partial charge in [-0.25, -0.2) is 4.79 Å². The first-order valence-corrected chi connectivity index (χ1v) is 7.86. The van der Waals surface area contributed by atoms with Crippen molar-refractivity contribution in [1.82, 2.24) is 9.88 Å². The quantitative estimate of drug-likeness (QED) is 0.729. The molecule has 1 amide bonds. The molecule has 0 fully saturated rings. The molecule has 2 aromatic carbocycles. The fourth-order valence-corrected chi connectivity index (χ4v) is 2.45. The monoisotopic (exact) mass is 334 g/mol. The number of benzene rings is 2. The van der Waals surface area contributed by atoms with Gasteiger partial charge < -0.3 is 14.6 Å². The molecule has 1 aromatic heterocycles. The second kappa shape index (κ2) is 7.49. The predicted molar refractivity (Wildman–Crippen MR) is 94.7 cm³/mol. The van der Waals surface area contributed by atoms with Crippen molar-refractivity contribution in [3.8, 4) is 5.69 Å². The summed E-state index contributed by atoms with van der Waals surface area (Å²) in [5.41, 5.74) is 2.99. The van der Waals surface area contributed by atoms with E-state index in [0.717, 1.165) is 11.3 Å². The third-order valence-corrected chi connectivity index (χ3v) is 3.86. The summed E-state index contributed by atoms with van der Waals surface area (Å²) in [5.74, 6) is -0.611. The zero-order valence-corrected chi connectivity index (χ0v) is 13.8. The van der Waals surface area contributed by atoms with E-state index >= 15 is 0 Å². The molecular formula is C20H18N2O3. The highest BCUT2D eigenvalue weighted by Crippen LogP contribution is 2.10. The van der Waals surface area contributed by atoms with Gasteiger partial charge in [0, 0.05) is 30.2 Å². The number of nitrogens with one attached hydrogen (secondary N) is 1. The lowest BCUT2D eigenvalue weighted by atomic mass is 10.1. The highest BCUT2D eigenvalue weighted by Gasteiger charge is 2.08. The summed E-state index contributed by atoms with van der Waals surface area (Å²) in [6.45, 7) is 0.434. The van der Waals surface area contributed by atoms with Crippen molar-refractivity contribution in [2.75, 3.05) is 7.11 Å². The lowest BCUT2D eigenvalue weighted by Crippen LogP contribution is -2.22. The molecular weight excluding hydrogens is 316 g/mol. The Hall–Kier alpha value is -3.34. The minimum atomic E-state index is -0.422. The molecule has 3 aromatic rings. The molecule has 25 heavy (non-hydrogen) atoms. The number of aromatic nitrogens is 1. The number of amides is 1. The van der Waals surface area contributed by atoms with Gasteiger partial charge in [0.05, 0.1) is 12.7 Å². The van der Waals surface area contributed by atoms with Gasteiger partial charge in [0.1, 0.15) is 0 Å². The zero-order valence-electron chi connectivity index (χ0n) is 13.8. The number of carbonyl (C=O) groups excluding carboxylic acids is 2. The third kappa shape index (κ3) is 3.95. The number of ether oxygens (including phenoxy) is 1. The van der Waals surface area contributed by atoms with Gasteiger partial charge in [0.2, 0.25) is 0 Å². The highest BCUT2D eigenvalue weighted by molar-refractivity contribution is 5.96. The van der Waals surface area contributed by atoms with Gasteiger partial charge >= 0.3 is 5.97 Å². The van der Waals surface area contributed by atoms with Crippen molar-refractivity contribution >= 4 is 11.9 Å². The number of rotatable bonds is 5. The smallest absolute Gasteiger partial charge is 0.337 e. The van der Waals surface area contributed by atoms with E-state index in [1.54, 1.807) is 24.3 Å². The molecule has 126 valence electrons. The van der Waals surface area contributed by atoms with Gasteiger partial charge in [-0.05, 0) is 54.1 Å². The summed E-state index contributed by atoms with van der Waals surface area (Å²) in [6, 6.07) is 18.3. The standard InChI is InChI=1S/C20H18N2O3/c1-25-20(24)17-8-6-16(7-9-17)19(23)21-14-15-4-10-18(11-5-15)22-12-2-3-13-22/h2-13H,14H2,1H3,(H,21,23). The predicted octanol–water partition coefficient (Wildman–Crippen LogP) is 3.19. The number of carbonyl (C=O) groups is 2. The Kier molecular flexibility index (Phi) is 4.95. The Labute approximate surface area is 145 Å². The van der Waals surface area contributed by atoms with Gasteiger partial charge in [-0.1, -0.05) is 12.1 Å². The summed E-state index contributed by atoms with van der Waals surface area (Å²) in [6.07, 6.45) is 3.96. The average Bonchev–Trinajstić information content (AvgIpc) is 3.21.